The molecule has 1 aliphatic carbocycles. The van der Waals surface area contributed by atoms with E-state index in [0.717, 1.165) is 22.4 Å². The lowest BCUT2D eigenvalue weighted by atomic mass is 9.72. The molecule has 5 rings (SSSR count). The highest BCUT2D eigenvalue weighted by Crippen LogP contribution is 2.49. The van der Waals surface area contributed by atoms with Gasteiger partial charge in [-0.3, -0.25) is 4.79 Å². The summed E-state index contributed by atoms with van der Waals surface area (Å²) in [6.45, 7) is 1.85. The molecule has 0 unspecified atom stereocenters. The van der Waals surface area contributed by atoms with Crippen molar-refractivity contribution in [2.45, 2.75) is 31.6 Å². The summed E-state index contributed by atoms with van der Waals surface area (Å²) < 4.78 is 15.6. The van der Waals surface area contributed by atoms with Crippen LogP contribution < -0.4 is 10.1 Å². The number of esters is 1. The number of aromatic nitrogens is 1. The smallest absolute Gasteiger partial charge is 0.337 e. The van der Waals surface area contributed by atoms with Crippen molar-refractivity contribution in [2.75, 3.05) is 19.5 Å². The Labute approximate surface area is 196 Å². The van der Waals surface area contributed by atoms with Crippen LogP contribution in [-0.4, -0.2) is 36.2 Å². The number of ketones is 1. The second-order valence-electron chi connectivity index (χ2n) is 8.53. The van der Waals surface area contributed by atoms with Crippen molar-refractivity contribution < 1.29 is 28.7 Å². The van der Waals surface area contributed by atoms with Gasteiger partial charge >= 0.3 is 5.97 Å². The number of rotatable bonds is 4. The third kappa shape index (κ3) is 3.51. The van der Waals surface area contributed by atoms with Crippen LogP contribution in [0.15, 0.2) is 58.3 Å². The van der Waals surface area contributed by atoms with Crippen molar-refractivity contribution in [1.82, 2.24) is 5.16 Å². The zero-order valence-electron chi connectivity index (χ0n) is 19.0. The van der Waals surface area contributed by atoms with Gasteiger partial charge in [0.05, 0.1) is 31.0 Å². The Bertz CT molecular complexity index is 1320. The van der Waals surface area contributed by atoms with E-state index in [9.17, 15) is 14.7 Å². The van der Waals surface area contributed by atoms with Crippen LogP contribution >= 0.6 is 0 Å². The molecule has 2 aliphatic rings. The molecule has 1 aromatic heterocycles. The number of anilines is 1. The molecule has 2 heterocycles. The SMILES string of the molecule is COC(=O)c1ccc([C@@H]2C3=C(C[C@H](c4ccc(O)c(OC)c4)CC3=O)Nc3onc(C)c32)cc1. The maximum Gasteiger partial charge on any atom is 0.337 e. The van der Waals surface area contributed by atoms with Gasteiger partial charge < -0.3 is 24.4 Å². The molecule has 174 valence electrons. The van der Waals surface area contributed by atoms with Crippen LogP contribution in [0.1, 0.15) is 57.4 Å². The summed E-state index contributed by atoms with van der Waals surface area (Å²) in [5, 5.41) is 17.4. The molecule has 0 spiro atoms. The van der Waals surface area contributed by atoms with E-state index in [4.69, 9.17) is 14.0 Å². The lowest BCUT2D eigenvalue weighted by Gasteiger charge is -2.34. The van der Waals surface area contributed by atoms with Gasteiger partial charge in [0.2, 0.25) is 5.88 Å². The molecule has 8 heteroatoms. The normalized spacial score (nSPS) is 19.2. The standard InChI is InChI=1S/C26H24N2O6/c1-13-22-23(14-4-6-15(7-5-14)26(31)33-3)24-18(27-25(22)34-28-13)10-17(11-20(24)30)16-8-9-19(29)21(12-16)32-2/h4-9,12,17,23,27,29H,10-11H2,1-3H3/t17-,23-/m0/s1. The average molecular weight is 460 g/mol. The number of phenolic OH excluding ortho intramolecular Hbond substituents is 1. The van der Waals surface area contributed by atoms with Crippen molar-refractivity contribution in [3.8, 4) is 11.5 Å². The second kappa shape index (κ2) is 8.37. The van der Waals surface area contributed by atoms with Crippen molar-refractivity contribution in [3.63, 3.8) is 0 Å². The first-order valence-electron chi connectivity index (χ1n) is 11.0. The zero-order valence-corrected chi connectivity index (χ0v) is 19.0. The van der Waals surface area contributed by atoms with E-state index in [-0.39, 0.29) is 23.4 Å². The molecule has 2 aromatic carbocycles. The summed E-state index contributed by atoms with van der Waals surface area (Å²) in [6.07, 6.45) is 0.912. The maximum atomic E-state index is 13.6. The molecule has 0 saturated heterocycles. The highest BCUT2D eigenvalue weighted by molar-refractivity contribution is 6.01. The lowest BCUT2D eigenvalue weighted by molar-refractivity contribution is -0.116. The van der Waals surface area contributed by atoms with Gasteiger partial charge in [-0.15, -0.1) is 0 Å². The van der Waals surface area contributed by atoms with E-state index in [1.807, 2.05) is 25.1 Å². The summed E-state index contributed by atoms with van der Waals surface area (Å²) in [6, 6.07) is 12.3. The lowest BCUT2D eigenvalue weighted by Crippen LogP contribution is -2.29. The molecule has 8 nitrogen and oxygen atoms in total. The third-order valence-electron chi connectivity index (χ3n) is 6.60. The first kappa shape index (κ1) is 21.8. The molecule has 0 saturated carbocycles. The number of aryl methyl sites for hydroxylation is 1. The van der Waals surface area contributed by atoms with Gasteiger partial charge in [0.1, 0.15) is 0 Å². The fourth-order valence-electron chi connectivity index (χ4n) is 4.92. The Hall–Kier alpha value is -4.07. The van der Waals surface area contributed by atoms with Gasteiger partial charge in [-0.25, -0.2) is 4.79 Å². The van der Waals surface area contributed by atoms with E-state index in [0.29, 0.717) is 41.3 Å². The first-order chi connectivity index (χ1) is 16.4. The number of hydrogen-bond acceptors (Lipinski definition) is 8. The predicted molar refractivity (Wildman–Crippen MR) is 123 cm³/mol. The van der Waals surface area contributed by atoms with Crippen LogP contribution in [0.4, 0.5) is 5.88 Å². The van der Waals surface area contributed by atoms with Crippen LogP contribution in [0.25, 0.3) is 0 Å². The summed E-state index contributed by atoms with van der Waals surface area (Å²) in [5.74, 6) is 0.126. The molecule has 0 bridgehead atoms. The number of hydrogen-bond donors (Lipinski definition) is 2. The first-order valence-corrected chi connectivity index (χ1v) is 11.0. The van der Waals surface area contributed by atoms with E-state index >= 15 is 0 Å². The minimum absolute atomic E-state index is 0.0269. The molecule has 2 atom stereocenters. The summed E-state index contributed by atoms with van der Waals surface area (Å²) in [7, 11) is 2.84. The average Bonchev–Trinajstić information content (AvgIpc) is 3.22. The molecule has 0 fully saturated rings. The van der Waals surface area contributed by atoms with Gasteiger partial charge in [0, 0.05) is 23.6 Å². The largest absolute Gasteiger partial charge is 0.504 e. The number of nitrogens with zero attached hydrogens (tertiary/aromatic N) is 1. The van der Waals surface area contributed by atoms with Crippen molar-refractivity contribution in [3.05, 3.63) is 81.7 Å². The second-order valence-corrected chi connectivity index (χ2v) is 8.53. The summed E-state index contributed by atoms with van der Waals surface area (Å²) >= 11 is 0. The van der Waals surface area contributed by atoms with Gasteiger partial charge in [0.25, 0.3) is 0 Å². The Morgan fingerprint density at radius 3 is 2.56 bits per heavy atom. The van der Waals surface area contributed by atoms with Crippen LogP contribution in [0.5, 0.6) is 11.5 Å². The van der Waals surface area contributed by atoms with E-state index < -0.39 is 5.97 Å². The number of phenols is 1. The van der Waals surface area contributed by atoms with Gasteiger partial charge in [-0.1, -0.05) is 23.4 Å². The quantitative estimate of drug-likeness (QED) is 0.550. The van der Waals surface area contributed by atoms with Crippen LogP contribution in [-0.2, 0) is 9.53 Å². The Morgan fingerprint density at radius 1 is 1.12 bits per heavy atom. The Morgan fingerprint density at radius 2 is 1.85 bits per heavy atom. The van der Waals surface area contributed by atoms with Crippen LogP contribution in [0.2, 0.25) is 0 Å². The Balaban J connectivity index is 1.56. The number of benzene rings is 2. The highest BCUT2D eigenvalue weighted by atomic mass is 16.5. The number of Topliss-reactive ketones (excluding diaryl/α,β-unsaturated/α-hetero) is 1. The minimum Gasteiger partial charge on any atom is -0.504 e. The minimum atomic E-state index is -0.417. The predicted octanol–water partition coefficient (Wildman–Crippen LogP) is 4.44. The fourth-order valence-corrected chi connectivity index (χ4v) is 4.92. The van der Waals surface area contributed by atoms with Gasteiger partial charge in [-0.05, 0) is 54.7 Å². The van der Waals surface area contributed by atoms with Crippen molar-refractivity contribution in [2.24, 2.45) is 0 Å². The molecule has 0 amide bonds. The number of aromatic hydroxyl groups is 1. The molecular formula is C26H24N2O6. The summed E-state index contributed by atoms with van der Waals surface area (Å²) in [5.41, 5.74) is 5.22. The van der Waals surface area contributed by atoms with Crippen LogP contribution in [0.3, 0.4) is 0 Å². The third-order valence-corrected chi connectivity index (χ3v) is 6.60. The number of nitrogens with one attached hydrogen (secondary N) is 1. The fraction of sp³-hybridized carbons (Fsp3) is 0.269. The number of carbonyl (C=O) groups excluding carboxylic acids is 2. The zero-order chi connectivity index (χ0) is 24.0. The molecule has 3 aromatic rings. The summed E-state index contributed by atoms with van der Waals surface area (Å²) in [4.78, 5) is 25.5. The van der Waals surface area contributed by atoms with Gasteiger partial charge in [-0.2, -0.15) is 0 Å². The number of fused-ring (bicyclic) bond motifs is 1. The Kier molecular flexibility index (Phi) is 5.36. The van der Waals surface area contributed by atoms with Gasteiger partial charge in [0.15, 0.2) is 17.3 Å². The molecule has 34 heavy (non-hydrogen) atoms. The van der Waals surface area contributed by atoms with Crippen molar-refractivity contribution in [1.29, 1.82) is 0 Å². The monoisotopic (exact) mass is 460 g/mol. The molecule has 2 N–H and O–H groups in total. The maximum absolute atomic E-state index is 13.6. The molecule has 0 radical (unpaired) electrons. The number of carbonyl (C=O) groups is 2. The van der Waals surface area contributed by atoms with E-state index in [1.165, 1.54) is 14.2 Å². The van der Waals surface area contributed by atoms with E-state index in [2.05, 4.69) is 10.5 Å². The van der Waals surface area contributed by atoms with Crippen molar-refractivity contribution >= 4 is 17.6 Å². The molecule has 1 aliphatic heterocycles. The van der Waals surface area contributed by atoms with Crippen LogP contribution in [0, 0.1) is 6.92 Å². The number of ether oxygens (including phenoxy) is 2. The topological polar surface area (TPSA) is 111 Å². The molecular weight excluding hydrogens is 436 g/mol. The van der Waals surface area contributed by atoms with E-state index in [1.54, 1.807) is 24.3 Å². The number of methoxy groups -OCH3 is 2. The number of allylic oxidation sites excluding steroid dienone is 2. The highest BCUT2D eigenvalue weighted by Gasteiger charge is 2.41.